The molecule has 1 saturated heterocycles. The van der Waals surface area contributed by atoms with Crippen molar-refractivity contribution >= 4 is 45.8 Å². The Bertz CT molecular complexity index is 468. The first-order valence-corrected chi connectivity index (χ1v) is 7.77. The molecule has 0 bridgehead atoms. The van der Waals surface area contributed by atoms with E-state index in [-0.39, 0.29) is 24.4 Å². The normalized spacial score (nSPS) is 18.6. The predicted octanol–water partition coefficient (Wildman–Crippen LogP) is 3.87. The third kappa shape index (κ3) is 3.88. The molecule has 1 aliphatic rings. The van der Waals surface area contributed by atoms with Crippen LogP contribution in [0, 0.1) is 0 Å². The van der Waals surface area contributed by atoms with Gasteiger partial charge in [0, 0.05) is 17.1 Å². The molecule has 0 saturated carbocycles. The van der Waals surface area contributed by atoms with Crippen molar-refractivity contribution in [2.75, 3.05) is 13.1 Å². The molecule has 112 valence electrons. The van der Waals surface area contributed by atoms with Gasteiger partial charge in [0.05, 0.1) is 10.6 Å². The summed E-state index contributed by atoms with van der Waals surface area (Å²) in [5.41, 5.74) is 6.21. The van der Waals surface area contributed by atoms with E-state index in [0.717, 1.165) is 30.3 Å². The summed E-state index contributed by atoms with van der Waals surface area (Å²) in [5, 5.41) is 0.490. The lowest BCUT2D eigenvalue weighted by atomic mass is 9.98. The highest BCUT2D eigenvalue weighted by molar-refractivity contribution is 9.10. The highest BCUT2D eigenvalue weighted by atomic mass is 79.9. The monoisotopic (exact) mass is 380 g/mol. The van der Waals surface area contributed by atoms with E-state index in [9.17, 15) is 4.79 Å². The van der Waals surface area contributed by atoms with Gasteiger partial charge in [0.1, 0.15) is 0 Å². The Hall–Kier alpha value is -0.290. The minimum Gasteiger partial charge on any atom is -0.336 e. The highest BCUT2D eigenvalue weighted by Gasteiger charge is 2.28. The topological polar surface area (TPSA) is 46.3 Å². The maximum absolute atomic E-state index is 12.6. The van der Waals surface area contributed by atoms with Crippen LogP contribution in [0.25, 0.3) is 0 Å². The van der Waals surface area contributed by atoms with Gasteiger partial charge in [-0.3, -0.25) is 4.79 Å². The van der Waals surface area contributed by atoms with Crippen molar-refractivity contribution in [1.82, 2.24) is 4.90 Å². The number of nitrogens with two attached hydrogens (primary N) is 1. The fourth-order valence-electron chi connectivity index (χ4n) is 2.58. The van der Waals surface area contributed by atoms with Gasteiger partial charge >= 0.3 is 0 Å². The second-order valence-corrected chi connectivity index (χ2v) is 6.06. The van der Waals surface area contributed by atoms with Crippen LogP contribution < -0.4 is 5.73 Å². The van der Waals surface area contributed by atoms with Crippen molar-refractivity contribution < 1.29 is 4.79 Å². The van der Waals surface area contributed by atoms with Crippen molar-refractivity contribution in [3.63, 3.8) is 0 Å². The molecule has 2 rings (SSSR count). The number of carbonyl (C=O) groups excluding carboxylic acids is 1. The Labute approximate surface area is 139 Å². The third-order valence-corrected chi connectivity index (χ3v) is 4.87. The van der Waals surface area contributed by atoms with Crippen LogP contribution in [-0.2, 0) is 0 Å². The molecular formula is C14H19BrCl2N2O. The summed E-state index contributed by atoms with van der Waals surface area (Å²) in [4.78, 5) is 14.6. The van der Waals surface area contributed by atoms with Crippen molar-refractivity contribution in [1.29, 1.82) is 0 Å². The number of benzene rings is 1. The number of rotatable bonds is 3. The van der Waals surface area contributed by atoms with E-state index < -0.39 is 0 Å². The van der Waals surface area contributed by atoms with Crippen LogP contribution in [0.15, 0.2) is 22.7 Å². The molecule has 1 aliphatic heterocycles. The molecule has 3 nitrogen and oxygen atoms in total. The molecule has 0 spiro atoms. The van der Waals surface area contributed by atoms with Crippen LogP contribution in [0.4, 0.5) is 0 Å². The van der Waals surface area contributed by atoms with Crippen molar-refractivity contribution in [3.8, 4) is 0 Å². The summed E-state index contributed by atoms with van der Waals surface area (Å²) in [5.74, 6) is 0.0180. The number of halogens is 3. The van der Waals surface area contributed by atoms with Gasteiger partial charge in [-0.1, -0.05) is 17.7 Å². The van der Waals surface area contributed by atoms with E-state index in [1.807, 2.05) is 17.0 Å². The quantitative estimate of drug-likeness (QED) is 0.863. The average Bonchev–Trinajstić information content (AvgIpc) is 2.42. The van der Waals surface area contributed by atoms with Crippen LogP contribution in [0.3, 0.4) is 0 Å². The SMILES string of the molecule is Cl.NCCC1CCCCN1C(=O)c1cccc(Br)c1Cl. The van der Waals surface area contributed by atoms with E-state index in [1.165, 1.54) is 6.42 Å². The van der Waals surface area contributed by atoms with Gasteiger partial charge in [0.15, 0.2) is 0 Å². The summed E-state index contributed by atoms with van der Waals surface area (Å²) in [6.07, 6.45) is 4.12. The Morgan fingerprint density at radius 2 is 2.20 bits per heavy atom. The predicted molar refractivity (Wildman–Crippen MR) is 88.7 cm³/mol. The average molecular weight is 382 g/mol. The molecule has 6 heteroatoms. The largest absolute Gasteiger partial charge is 0.336 e. The van der Waals surface area contributed by atoms with Crippen LogP contribution in [0.2, 0.25) is 5.02 Å². The zero-order chi connectivity index (χ0) is 13.8. The van der Waals surface area contributed by atoms with E-state index in [2.05, 4.69) is 15.9 Å². The summed E-state index contributed by atoms with van der Waals surface area (Å²) >= 11 is 9.57. The zero-order valence-corrected chi connectivity index (χ0v) is 14.3. The number of likely N-dealkylation sites (tertiary alicyclic amines) is 1. The van der Waals surface area contributed by atoms with Gasteiger partial charge in [-0.25, -0.2) is 0 Å². The molecule has 20 heavy (non-hydrogen) atoms. The Morgan fingerprint density at radius 1 is 1.45 bits per heavy atom. The summed E-state index contributed by atoms with van der Waals surface area (Å²) in [7, 11) is 0. The second kappa shape index (κ2) is 8.23. The fraction of sp³-hybridized carbons (Fsp3) is 0.500. The smallest absolute Gasteiger partial charge is 0.255 e. The first kappa shape index (κ1) is 17.8. The number of amides is 1. The summed E-state index contributed by atoms with van der Waals surface area (Å²) in [6, 6.07) is 5.71. The molecule has 1 atom stereocenters. The molecule has 1 fully saturated rings. The molecule has 1 aromatic carbocycles. The number of hydrogen-bond acceptors (Lipinski definition) is 2. The van der Waals surface area contributed by atoms with E-state index in [0.29, 0.717) is 17.1 Å². The van der Waals surface area contributed by atoms with E-state index >= 15 is 0 Å². The van der Waals surface area contributed by atoms with Gasteiger partial charge in [-0.2, -0.15) is 0 Å². The first-order chi connectivity index (χ1) is 9.15. The number of carbonyl (C=O) groups is 1. The van der Waals surface area contributed by atoms with Gasteiger partial charge in [-0.05, 0) is 60.3 Å². The van der Waals surface area contributed by atoms with Crippen LogP contribution in [0.1, 0.15) is 36.0 Å². The van der Waals surface area contributed by atoms with Crippen molar-refractivity contribution in [3.05, 3.63) is 33.3 Å². The van der Waals surface area contributed by atoms with E-state index in [4.69, 9.17) is 17.3 Å². The molecular weight excluding hydrogens is 363 g/mol. The van der Waals surface area contributed by atoms with Crippen LogP contribution in [0.5, 0.6) is 0 Å². The van der Waals surface area contributed by atoms with Gasteiger partial charge in [0.2, 0.25) is 0 Å². The molecule has 2 N–H and O–H groups in total. The molecule has 1 heterocycles. The number of nitrogens with zero attached hydrogens (tertiary/aromatic N) is 1. The number of hydrogen-bond donors (Lipinski definition) is 1. The van der Waals surface area contributed by atoms with Crippen LogP contribution in [-0.4, -0.2) is 29.9 Å². The minimum atomic E-state index is 0. The van der Waals surface area contributed by atoms with Gasteiger partial charge < -0.3 is 10.6 Å². The second-order valence-electron chi connectivity index (χ2n) is 4.83. The Morgan fingerprint density at radius 3 is 2.90 bits per heavy atom. The van der Waals surface area contributed by atoms with E-state index in [1.54, 1.807) is 6.07 Å². The van der Waals surface area contributed by atoms with Gasteiger partial charge in [0.25, 0.3) is 5.91 Å². The lowest BCUT2D eigenvalue weighted by Gasteiger charge is -2.36. The molecule has 1 amide bonds. The fourth-order valence-corrected chi connectivity index (χ4v) is 3.16. The Kier molecular flexibility index (Phi) is 7.30. The zero-order valence-electron chi connectivity index (χ0n) is 11.1. The maximum atomic E-state index is 12.6. The van der Waals surface area contributed by atoms with Gasteiger partial charge in [-0.15, -0.1) is 12.4 Å². The first-order valence-electron chi connectivity index (χ1n) is 6.60. The standard InChI is InChI=1S/C14H18BrClN2O.ClH/c15-12-6-3-5-11(13(12)16)14(19)18-9-2-1-4-10(18)7-8-17;/h3,5-6,10H,1-2,4,7-9,17H2;1H. The lowest BCUT2D eigenvalue weighted by Crippen LogP contribution is -2.44. The minimum absolute atomic E-state index is 0. The van der Waals surface area contributed by atoms with Crippen molar-refractivity contribution in [2.24, 2.45) is 5.73 Å². The lowest BCUT2D eigenvalue weighted by molar-refractivity contribution is 0.0605. The maximum Gasteiger partial charge on any atom is 0.255 e. The Balaban J connectivity index is 0.00000200. The molecule has 1 unspecified atom stereocenters. The third-order valence-electron chi connectivity index (χ3n) is 3.57. The molecule has 1 aromatic rings. The van der Waals surface area contributed by atoms with Crippen molar-refractivity contribution in [2.45, 2.75) is 31.7 Å². The van der Waals surface area contributed by atoms with Crippen LogP contribution >= 0.6 is 39.9 Å². The highest BCUT2D eigenvalue weighted by Crippen LogP contribution is 2.29. The number of piperidine rings is 1. The molecule has 0 aliphatic carbocycles. The molecule has 0 aromatic heterocycles. The summed E-state index contributed by atoms with van der Waals surface area (Å²) < 4.78 is 0.757. The molecule has 0 radical (unpaired) electrons. The summed E-state index contributed by atoms with van der Waals surface area (Å²) in [6.45, 7) is 1.41.